The van der Waals surface area contributed by atoms with Crippen LogP contribution in [-0.2, 0) is 6.54 Å². The minimum absolute atomic E-state index is 0.101. The van der Waals surface area contributed by atoms with Gasteiger partial charge in [-0.25, -0.2) is 0 Å². The van der Waals surface area contributed by atoms with Crippen molar-refractivity contribution in [1.82, 2.24) is 4.90 Å². The molecule has 158 valence electrons. The summed E-state index contributed by atoms with van der Waals surface area (Å²) >= 11 is 0. The standard InChI is InChI=1S/C27H27NO3/c29-27(23-14-12-22(13-15-23)21-7-3-1-4-8-21)28(24-9-5-2-6-10-24)18-20-11-16-25-26(17-20)31-19-30-25/h1,3-4,7-8,11-17,24H,2,5-6,9-10,18-19H2. The van der Waals surface area contributed by atoms with E-state index in [1.807, 2.05) is 60.7 Å². The molecule has 1 fully saturated rings. The van der Waals surface area contributed by atoms with Crippen molar-refractivity contribution in [3.05, 3.63) is 83.9 Å². The van der Waals surface area contributed by atoms with Crippen molar-refractivity contribution in [1.29, 1.82) is 0 Å². The lowest BCUT2D eigenvalue weighted by Crippen LogP contribution is -2.41. The monoisotopic (exact) mass is 413 g/mol. The topological polar surface area (TPSA) is 38.8 Å². The fourth-order valence-corrected chi connectivity index (χ4v) is 4.60. The Morgan fingerprint density at radius 1 is 0.806 bits per heavy atom. The highest BCUT2D eigenvalue weighted by Crippen LogP contribution is 2.34. The van der Waals surface area contributed by atoms with E-state index in [1.165, 1.54) is 19.3 Å². The predicted octanol–water partition coefficient (Wildman–Crippen LogP) is 6.06. The van der Waals surface area contributed by atoms with Gasteiger partial charge in [-0.3, -0.25) is 4.79 Å². The number of hydrogen-bond acceptors (Lipinski definition) is 3. The van der Waals surface area contributed by atoms with Gasteiger partial charge in [0.25, 0.3) is 5.91 Å². The van der Waals surface area contributed by atoms with Crippen molar-refractivity contribution in [2.24, 2.45) is 0 Å². The zero-order valence-corrected chi connectivity index (χ0v) is 17.6. The summed E-state index contributed by atoms with van der Waals surface area (Å²) < 4.78 is 11.0. The Balaban J connectivity index is 1.40. The Labute approximate surface area is 183 Å². The van der Waals surface area contributed by atoms with Gasteiger partial charge in [-0.2, -0.15) is 0 Å². The maximum Gasteiger partial charge on any atom is 0.254 e. The van der Waals surface area contributed by atoms with E-state index in [9.17, 15) is 4.79 Å². The third-order valence-corrected chi connectivity index (χ3v) is 6.31. The molecule has 0 N–H and O–H groups in total. The summed E-state index contributed by atoms with van der Waals surface area (Å²) in [7, 11) is 0. The first kappa shape index (κ1) is 19.7. The Bertz CT molecular complexity index is 1040. The van der Waals surface area contributed by atoms with Crippen molar-refractivity contribution in [2.45, 2.75) is 44.7 Å². The molecule has 1 aliphatic carbocycles. The molecule has 3 aromatic carbocycles. The Morgan fingerprint density at radius 3 is 2.29 bits per heavy atom. The summed E-state index contributed by atoms with van der Waals surface area (Å²) in [5, 5.41) is 0. The highest BCUT2D eigenvalue weighted by atomic mass is 16.7. The second kappa shape index (κ2) is 8.84. The molecule has 1 amide bonds. The molecule has 0 atom stereocenters. The summed E-state index contributed by atoms with van der Waals surface area (Å²) in [5.74, 6) is 1.64. The van der Waals surface area contributed by atoms with Gasteiger partial charge >= 0.3 is 0 Å². The van der Waals surface area contributed by atoms with Crippen LogP contribution >= 0.6 is 0 Å². The number of ether oxygens (including phenoxy) is 2. The van der Waals surface area contributed by atoms with Crippen LogP contribution < -0.4 is 9.47 Å². The zero-order valence-electron chi connectivity index (χ0n) is 17.6. The van der Waals surface area contributed by atoms with E-state index < -0.39 is 0 Å². The molecule has 2 aliphatic rings. The van der Waals surface area contributed by atoms with Gasteiger partial charge in [0.1, 0.15) is 0 Å². The van der Waals surface area contributed by atoms with Gasteiger partial charge in [-0.05, 0) is 53.8 Å². The predicted molar refractivity (Wildman–Crippen MR) is 121 cm³/mol. The van der Waals surface area contributed by atoms with Gasteiger partial charge in [0.2, 0.25) is 6.79 Å². The molecule has 1 aliphatic heterocycles. The molecule has 0 unspecified atom stereocenters. The minimum atomic E-state index is 0.101. The quantitative estimate of drug-likeness (QED) is 0.510. The van der Waals surface area contributed by atoms with Gasteiger partial charge in [0, 0.05) is 18.2 Å². The van der Waals surface area contributed by atoms with Crippen LogP contribution in [0.3, 0.4) is 0 Å². The van der Waals surface area contributed by atoms with E-state index >= 15 is 0 Å². The van der Waals surface area contributed by atoms with E-state index in [4.69, 9.17) is 9.47 Å². The number of carbonyl (C=O) groups excluding carboxylic acids is 1. The summed E-state index contributed by atoms with van der Waals surface area (Å²) in [6.45, 7) is 0.846. The molecule has 1 saturated carbocycles. The molecule has 4 heteroatoms. The average Bonchev–Trinajstić information content (AvgIpc) is 3.31. The molecule has 0 spiro atoms. The fourth-order valence-electron chi connectivity index (χ4n) is 4.60. The van der Waals surface area contributed by atoms with Crippen LogP contribution in [-0.4, -0.2) is 23.6 Å². The molecule has 3 aromatic rings. The molecule has 0 radical (unpaired) electrons. The fraction of sp³-hybridized carbons (Fsp3) is 0.296. The molecule has 0 saturated heterocycles. The normalized spacial score (nSPS) is 15.6. The average molecular weight is 414 g/mol. The number of hydrogen-bond donors (Lipinski definition) is 0. The first-order valence-electron chi connectivity index (χ1n) is 11.1. The van der Waals surface area contributed by atoms with Crippen LogP contribution in [0.1, 0.15) is 48.0 Å². The Morgan fingerprint density at radius 2 is 1.52 bits per heavy atom. The van der Waals surface area contributed by atoms with E-state index in [-0.39, 0.29) is 18.7 Å². The lowest BCUT2D eigenvalue weighted by molar-refractivity contribution is 0.0614. The third kappa shape index (κ3) is 4.29. The van der Waals surface area contributed by atoms with Crippen LogP contribution in [0.4, 0.5) is 0 Å². The molecule has 0 bridgehead atoms. The van der Waals surface area contributed by atoms with E-state index in [0.29, 0.717) is 6.54 Å². The van der Waals surface area contributed by atoms with Crippen LogP contribution in [0.15, 0.2) is 72.8 Å². The van der Waals surface area contributed by atoms with E-state index in [2.05, 4.69) is 17.0 Å². The largest absolute Gasteiger partial charge is 0.454 e. The van der Waals surface area contributed by atoms with E-state index in [1.54, 1.807) is 0 Å². The first-order chi connectivity index (χ1) is 15.3. The van der Waals surface area contributed by atoms with Gasteiger partial charge in [-0.15, -0.1) is 0 Å². The van der Waals surface area contributed by atoms with Gasteiger partial charge < -0.3 is 14.4 Å². The van der Waals surface area contributed by atoms with Crippen molar-refractivity contribution >= 4 is 5.91 Å². The second-order valence-electron chi connectivity index (χ2n) is 8.36. The SMILES string of the molecule is O=C(c1ccc(-c2ccccc2)cc1)N(Cc1ccc2c(c1)OCO2)C1CCCCC1. The van der Waals surface area contributed by atoms with Crippen molar-refractivity contribution in [3.63, 3.8) is 0 Å². The number of nitrogens with zero attached hydrogens (tertiary/aromatic N) is 1. The number of rotatable bonds is 5. The summed E-state index contributed by atoms with van der Waals surface area (Å²) in [4.78, 5) is 15.7. The maximum atomic E-state index is 13.6. The van der Waals surface area contributed by atoms with Crippen molar-refractivity contribution < 1.29 is 14.3 Å². The summed E-state index contributed by atoms with van der Waals surface area (Å²) in [6.07, 6.45) is 5.76. The summed E-state index contributed by atoms with van der Waals surface area (Å²) in [5.41, 5.74) is 4.10. The minimum Gasteiger partial charge on any atom is -0.454 e. The van der Waals surface area contributed by atoms with E-state index in [0.717, 1.165) is 46.6 Å². The second-order valence-corrected chi connectivity index (χ2v) is 8.36. The van der Waals surface area contributed by atoms with Gasteiger partial charge in [0.05, 0.1) is 0 Å². The Hall–Kier alpha value is -3.27. The van der Waals surface area contributed by atoms with Crippen molar-refractivity contribution in [3.8, 4) is 22.6 Å². The molecular weight excluding hydrogens is 386 g/mol. The lowest BCUT2D eigenvalue weighted by atomic mass is 9.93. The number of carbonyl (C=O) groups is 1. The molecule has 5 rings (SSSR count). The molecular formula is C27H27NO3. The smallest absolute Gasteiger partial charge is 0.254 e. The van der Waals surface area contributed by atoms with Crippen LogP contribution in [0.25, 0.3) is 11.1 Å². The Kier molecular flexibility index (Phi) is 5.61. The number of amides is 1. The maximum absolute atomic E-state index is 13.6. The van der Waals surface area contributed by atoms with Crippen LogP contribution in [0.5, 0.6) is 11.5 Å². The molecule has 1 heterocycles. The van der Waals surface area contributed by atoms with Gasteiger partial charge in [-0.1, -0.05) is 67.8 Å². The highest BCUT2D eigenvalue weighted by molar-refractivity contribution is 5.95. The van der Waals surface area contributed by atoms with Crippen LogP contribution in [0.2, 0.25) is 0 Å². The first-order valence-corrected chi connectivity index (χ1v) is 11.1. The number of fused-ring (bicyclic) bond motifs is 1. The molecule has 31 heavy (non-hydrogen) atoms. The third-order valence-electron chi connectivity index (χ3n) is 6.31. The zero-order chi connectivity index (χ0) is 21.0. The summed E-state index contributed by atoms with van der Waals surface area (Å²) in [6, 6.07) is 24.5. The lowest BCUT2D eigenvalue weighted by Gasteiger charge is -2.34. The highest BCUT2D eigenvalue weighted by Gasteiger charge is 2.27. The number of benzene rings is 3. The van der Waals surface area contributed by atoms with Crippen molar-refractivity contribution in [2.75, 3.05) is 6.79 Å². The molecule has 0 aromatic heterocycles. The van der Waals surface area contributed by atoms with Gasteiger partial charge in [0.15, 0.2) is 11.5 Å². The van der Waals surface area contributed by atoms with Crippen LogP contribution in [0, 0.1) is 0 Å². The molecule has 4 nitrogen and oxygen atoms in total.